The maximum atomic E-state index is 11.0. The Labute approximate surface area is 76.9 Å². The van der Waals surface area contributed by atoms with Gasteiger partial charge in [-0.1, -0.05) is 13.8 Å². The van der Waals surface area contributed by atoms with Crippen molar-refractivity contribution in [2.24, 2.45) is 18.7 Å². The van der Waals surface area contributed by atoms with E-state index in [-0.39, 0.29) is 11.7 Å². The maximum absolute atomic E-state index is 11.0. The molecule has 0 saturated carbocycles. The molecule has 1 atom stereocenters. The Morgan fingerprint density at radius 1 is 1.62 bits per heavy atom. The van der Waals surface area contributed by atoms with Gasteiger partial charge in [-0.15, -0.1) is 0 Å². The third kappa shape index (κ3) is 2.18. The molecule has 0 spiro atoms. The van der Waals surface area contributed by atoms with Crippen LogP contribution in [-0.2, 0) is 7.05 Å². The average molecular weight is 184 g/mol. The van der Waals surface area contributed by atoms with E-state index < -0.39 is 0 Å². The van der Waals surface area contributed by atoms with Gasteiger partial charge in [0.25, 0.3) is 0 Å². The first-order chi connectivity index (χ1) is 6.02. The van der Waals surface area contributed by atoms with E-state index in [4.69, 9.17) is 5.73 Å². The van der Waals surface area contributed by atoms with Gasteiger partial charge in [0.1, 0.15) is 5.82 Å². The van der Waals surface area contributed by atoms with Crippen LogP contribution in [0.4, 0.5) is 0 Å². The minimum atomic E-state index is -0.214. The minimum absolute atomic E-state index is 0.163. The quantitative estimate of drug-likeness (QED) is 0.702. The van der Waals surface area contributed by atoms with Crippen LogP contribution in [0.2, 0.25) is 0 Å². The number of nitrogens with zero attached hydrogens (tertiary/aromatic N) is 2. The molecule has 1 aromatic heterocycles. The molecule has 5 heteroatoms. The van der Waals surface area contributed by atoms with E-state index in [9.17, 15) is 4.79 Å². The molecule has 0 fully saturated rings. The van der Waals surface area contributed by atoms with E-state index in [1.807, 2.05) is 0 Å². The highest BCUT2D eigenvalue weighted by Crippen LogP contribution is 2.14. The van der Waals surface area contributed by atoms with E-state index >= 15 is 0 Å². The summed E-state index contributed by atoms with van der Waals surface area (Å²) in [5.74, 6) is 1.13. The molecule has 1 rings (SSSR count). The van der Waals surface area contributed by atoms with Crippen molar-refractivity contribution in [2.75, 3.05) is 0 Å². The third-order valence-corrected chi connectivity index (χ3v) is 1.97. The molecule has 74 valence electrons. The summed E-state index contributed by atoms with van der Waals surface area (Å²) in [6, 6.07) is -0.163. The van der Waals surface area contributed by atoms with Crippen LogP contribution < -0.4 is 11.4 Å². The van der Waals surface area contributed by atoms with Crippen molar-refractivity contribution in [3.05, 3.63) is 16.3 Å². The van der Waals surface area contributed by atoms with E-state index in [0.717, 1.165) is 6.42 Å². The summed E-state index contributed by atoms with van der Waals surface area (Å²) >= 11 is 0. The van der Waals surface area contributed by atoms with Crippen LogP contribution in [0, 0.1) is 5.92 Å². The monoisotopic (exact) mass is 184 g/mol. The van der Waals surface area contributed by atoms with Crippen LogP contribution in [0.3, 0.4) is 0 Å². The number of nitrogens with one attached hydrogen (secondary N) is 1. The Morgan fingerprint density at radius 3 is 2.62 bits per heavy atom. The number of hydrogen-bond donors (Lipinski definition) is 2. The first kappa shape index (κ1) is 9.98. The maximum Gasteiger partial charge on any atom is 0.343 e. The molecule has 1 heterocycles. The van der Waals surface area contributed by atoms with Gasteiger partial charge in [-0.2, -0.15) is 5.10 Å². The first-order valence-corrected chi connectivity index (χ1v) is 4.39. The molecule has 0 radical (unpaired) electrons. The van der Waals surface area contributed by atoms with E-state index in [1.54, 1.807) is 7.05 Å². The van der Waals surface area contributed by atoms with E-state index in [0.29, 0.717) is 11.7 Å². The second kappa shape index (κ2) is 3.74. The molecule has 13 heavy (non-hydrogen) atoms. The van der Waals surface area contributed by atoms with Gasteiger partial charge in [0.2, 0.25) is 0 Å². The molecule has 0 aliphatic carbocycles. The Bertz CT molecular complexity index is 325. The highest BCUT2D eigenvalue weighted by atomic mass is 16.1. The Kier molecular flexibility index (Phi) is 2.87. The molecule has 0 bridgehead atoms. The van der Waals surface area contributed by atoms with Crippen molar-refractivity contribution < 1.29 is 0 Å². The fraction of sp³-hybridized carbons (Fsp3) is 0.750. The predicted octanol–water partition coefficient (Wildman–Crippen LogP) is 0.154. The standard InChI is InChI=1S/C8H16N4O/c1-5(2)4-6(9)7-10-11-8(13)12(7)3/h5-6H,4,9H2,1-3H3,(H,11,13)/t6-/m0/s1. The van der Waals surface area contributed by atoms with Gasteiger partial charge in [-0.05, 0) is 12.3 Å². The van der Waals surface area contributed by atoms with Gasteiger partial charge < -0.3 is 5.73 Å². The molecular weight excluding hydrogens is 168 g/mol. The summed E-state index contributed by atoms with van der Waals surface area (Å²) in [7, 11) is 1.67. The lowest BCUT2D eigenvalue weighted by atomic mass is 10.0. The SMILES string of the molecule is CC(C)C[C@H](N)c1n[nH]c(=O)n1C. The molecule has 0 amide bonds. The van der Waals surface area contributed by atoms with Gasteiger partial charge in [-0.3, -0.25) is 4.57 Å². The van der Waals surface area contributed by atoms with Crippen LogP contribution in [0.1, 0.15) is 32.1 Å². The Hall–Kier alpha value is -1.10. The molecule has 0 aliphatic rings. The van der Waals surface area contributed by atoms with Crippen molar-refractivity contribution in [3.8, 4) is 0 Å². The van der Waals surface area contributed by atoms with Crippen molar-refractivity contribution >= 4 is 0 Å². The van der Waals surface area contributed by atoms with Crippen LogP contribution in [0.25, 0.3) is 0 Å². The zero-order valence-corrected chi connectivity index (χ0v) is 8.24. The van der Waals surface area contributed by atoms with Crippen molar-refractivity contribution in [1.29, 1.82) is 0 Å². The fourth-order valence-corrected chi connectivity index (χ4v) is 1.30. The number of hydrogen-bond acceptors (Lipinski definition) is 3. The van der Waals surface area contributed by atoms with Crippen LogP contribution in [0.5, 0.6) is 0 Å². The molecule has 3 N–H and O–H groups in total. The fourth-order valence-electron chi connectivity index (χ4n) is 1.30. The molecule has 0 aromatic carbocycles. The topological polar surface area (TPSA) is 76.7 Å². The van der Waals surface area contributed by atoms with Crippen molar-refractivity contribution in [3.63, 3.8) is 0 Å². The zero-order valence-electron chi connectivity index (χ0n) is 8.24. The number of H-pyrrole nitrogens is 1. The first-order valence-electron chi connectivity index (χ1n) is 4.39. The molecular formula is C8H16N4O. The van der Waals surface area contributed by atoms with Crippen molar-refractivity contribution in [1.82, 2.24) is 14.8 Å². The van der Waals surface area contributed by atoms with Crippen LogP contribution in [0.15, 0.2) is 4.79 Å². The largest absolute Gasteiger partial charge is 0.343 e. The molecule has 5 nitrogen and oxygen atoms in total. The summed E-state index contributed by atoms with van der Waals surface area (Å²) < 4.78 is 1.45. The normalized spacial score (nSPS) is 13.6. The smallest absolute Gasteiger partial charge is 0.321 e. The highest BCUT2D eigenvalue weighted by molar-refractivity contribution is 4.92. The summed E-state index contributed by atoms with van der Waals surface area (Å²) in [5.41, 5.74) is 5.65. The summed E-state index contributed by atoms with van der Waals surface area (Å²) in [6.45, 7) is 4.18. The lowest BCUT2D eigenvalue weighted by Crippen LogP contribution is -2.21. The summed E-state index contributed by atoms with van der Waals surface area (Å²) in [6.07, 6.45) is 0.831. The molecule has 1 aromatic rings. The zero-order chi connectivity index (χ0) is 10.0. The van der Waals surface area contributed by atoms with Crippen molar-refractivity contribution in [2.45, 2.75) is 26.3 Å². The number of rotatable bonds is 3. The van der Waals surface area contributed by atoms with Gasteiger partial charge >= 0.3 is 5.69 Å². The van der Waals surface area contributed by atoms with Crippen LogP contribution >= 0.6 is 0 Å². The third-order valence-electron chi connectivity index (χ3n) is 1.97. The number of aromatic nitrogens is 3. The van der Waals surface area contributed by atoms with Gasteiger partial charge in [0.15, 0.2) is 0 Å². The molecule has 0 aliphatic heterocycles. The number of nitrogens with two attached hydrogens (primary N) is 1. The number of aromatic amines is 1. The summed E-state index contributed by atoms with van der Waals surface area (Å²) in [4.78, 5) is 11.0. The lowest BCUT2D eigenvalue weighted by molar-refractivity contribution is 0.482. The summed E-state index contributed by atoms with van der Waals surface area (Å²) in [5, 5.41) is 6.24. The van der Waals surface area contributed by atoms with Gasteiger partial charge in [0.05, 0.1) is 6.04 Å². The van der Waals surface area contributed by atoms with Gasteiger partial charge in [0, 0.05) is 7.05 Å². The molecule has 0 unspecified atom stereocenters. The van der Waals surface area contributed by atoms with Gasteiger partial charge in [-0.25, -0.2) is 9.89 Å². The molecule has 0 saturated heterocycles. The minimum Gasteiger partial charge on any atom is -0.321 e. The second-order valence-electron chi connectivity index (χ2n) is 3.68. The van der Waals surface area contributed by atoms with E-state index in [1.165, 1.54) is 4.57 Å². The predicted molar refractivity (Wildman–Crippen MR) is 50.2 cm³/mol. The lowest BCUT2D eigenvalue weighted by Gasteiger charge is -2.12. The van der Waals surface area contributed by atoms with E-state index in [2.05, 4.69) is 24.0 Å². The Morgan fingerprint density at radius 2 is 2.23 bits per heavy atom. The highest BCUT2D eigenvalue weighted by Gasteiger charge is 2.14. The Balaban J connectivity index is 2.83. The van der Waals surface area contributed by atoms with Crippen LogP contribution in [-0.4, -0.2) is 14.8 Å². The second-order valence-corrected chi connectivity index (χ2v) is 3.68. The average Bonchev–Trinajstić information content (AvgIpc) is 2.31.